The average Bonchev–Trinajstić information content (AvgIpc) is 2.53. The van der Waals surface area contributed by atoms with Gasteiger partial charge in [0.05, 0.1) is 13.7 Å². The Morgan fingerprint density at radius 3 is 2.44 bits per heavy atom. The van der Waals surface area contributed by atoms with Crippen LogP contribution >= 0.6 is 0 Å². The SMILES string of the molecule is CCOC(=O)/C=C(C)/C=C/C=C(\C)c1ccc(OC)c(C(C)(C)C)c1. The standard InChI is InChI=1S/C22H30O3/c1-8-25-21(23)14-16(2)10-9-11-17(3)18-12-13-20(24-7)19(15-18)22(4,5)6/h9-15H,8H2,1-7H3/b10-9+,16-14+,17-11+. The van der Waals surface area contributed by atoms with Crippen LogP contribution in [0.2, 0.25) is 0 Å². The molecule has 0 saturated heterocycles. The molecule has 0 aliphatic rings. The minimum Gasteiger partial charge on any atom is -0.496 e. The number of allylic oxidation sites excluding steroid dienone is 5. The fraction of sp³-hybridized carbons (Fsp3) is 0.409. The zero-order chi connectivity index (χ0) is 19.0. The van der Waals surface area contributed by atoms with Gasteiger partial charge in [-0.3, -0.25) is 0 Å². The third-order valence-corrected chi connectivity index (χ3v) is 3.80. The molecule has 0 N–H and O–H groups in total. The van der Waals surface area contributed by atoms with E-state index in [0.29, 0.717) is 6.61 Å². The van der Waals surface area contributed by atoms with Crippen molar-refractivity contribution in [3.05, 3.63) is 59.2 Å². The van der Waals surface area contributed by atoms with Crippen LogP contribution in [-0.4, -0.2) is 19.7 Å². The van der Waals surface area contributed by atoms with Crippen LogP contribution in [0.25, 0.3) is 5.57 Å². The van der Waals surface area contributed by atoms with Gasteiger partial charge in [-0.1, -0.05) is 45.1 Å². The van der Waals surface area contributed by atoms with Gasteiger partial charge in [-0.25, -0.2) is 4.79 Å². The van der Waals surface area contributed by atoms with Crippen molar-refractivity contribution in [3.63, 3.8) is 0 Å². The molecule has 1 aromatic carbocycles. The molecular weight excluding hydrogens is 312 g/mol. The highest BCUT2D eigenvalue weighted by Gasteiger charge is 2.19. The van der Waals surface area contributed by atoms with E-state index in [1.165, 1.54) is 11.6 Å². The van der Waals surface area contributed by atoms with E-state index in [9.17, 15) is 4.79 Å². The minimum absolute atomic E-state index is 0.0104. The van der Waals surface area contributed by atoms with Crippen molar-refractivity contribution in [2.45, 2.75) is 47.0 Å². The van der Waals surface area contributed by atoms with E-state index in [2.05, 4.69) is 39.8 Å². The summed E-state index contributed by atoms with van der Waals surface area (Å²) in [7, 11) is 1.70. The lowest BCUT2D eigenvalue weighted by Crippen LogP contribution is -2.13. The normalized spacial score (nSPS) is 13.2. The van der Waals surface area contributed by atoms with Gasteiger partial charge in [0.1, 0.15) is 5.75 Å². The lowest BCUT2D eigenvalue weighted by molar-refractivity contribution is -0.137. The van der Waals surface area contributed by atoms with Gasteiger partial charge in [-0.15, -0.1) is 0 Å². The Morgan fingerprint density at radius 2 is 1.88 bits per heavy atom. The van der Waals surface area contributed by atoms with E-state index < -0.39 is 0 Å². The van der Waals surface area contributed by atoms with Gasteiger partial charge in [0.2, 0.25) is 0 Å². The molecule has 1 rings (SSSR count). The molecule has 1 aromatic rings. The van der Waals surface area contributed by atoms with E-state index in [4.69, 9.17) is 9.47 Å². The summed E-state index contributed by atoms with van der Waals surface area (Å²) in [6.45, 7) is 12.7. The molecule has 0 bridgehead atoms. The number of ether oxygens (including phenoxy) is 2. The largest absolute Gasteiger partial charge is 0.496 e. The maximum Gasteiger partial charge on any atom is 0.330 e. The van der Waals surface area contributed by atoms with Crippen LogP contribution in [0.1, 0.15) is 52.7 Å². The van der Waals surface area contributed by atoms with Gasteiger partial charge in [0, 0.05) is 11.6 Å². The molecule has 0 heterocycles. The Balaban J connectivity index is 3.00. The van der Waals surface area contributed by atoms with Crippen molar-refractivity contribution in [2.75, 3.05) is 13.7 Å². The maximum atomic E-state index is 11.4. The summed E-state index contributed by atoms with van der Waals surface area (Å²) < 4.78 is 10.4. The summed E-state index contributed by atoms with van der Waals surface area (Å²) in [4.78, 5) is 11.4. The summed E-state index contributed by atoms with van der Waals surface area (Å²) in [5.74, 6) is 0.600. The molecule has 0 aliphatic heterocycles. The smallest absolute Gasteiger partial charge is 0.330 e. The summed E-state index contributed by atoms with van der Waals surface area (Å²) in [6.07, 6.45) is 7.38. The number of methoxy groups -OCH3 is 1. The van der Waals surface area contributed by atoms with Crippen LogP contribution in [0.4, 0.5) is 0 Å². The number of esters is 1. The Morgan fingerprint density at radius 1 is 1.20 bits per heavy atom. The highest BCUT2D eigenvalue weighted by Crippen LogP contribution is 2.33. The van der Waals surface area contributed by atoms with Crippen LogP contribution in [-0.2, 0) is 14.9 Å². The molecule has 0 fully saturated rings. The molecule has 3 heteroatoms. The van der Waals surface area contributed by atoms with Gasteiger partial charge >= 0.3 is 5.97 Å². The fourth-order valence-electron chi connectivity index (χ4n) is 2.40. The first kappa shape index (κ1) is 20.8. The number of benzene rings is 1. The number of carbonyl (C=O) groups excluding carboxylic acids is 1. The number of hydrogen-bond donors (Lipinski definition) is 0. The van der Waals surface area contributed by atoms with Gasteiger partial charge in [-0.2, -0.15) is 0 Å². The van der Waals surface area contributed by atoms with Crippen molar-refractivity contribution < 1.29 is 14.3 Å². The zero-order valence-corrected chi connectivity index (χ0v) is 16.5. The summed E-state index contributed by atoms with van der Waals surface area (Å²) in [5.41, 5.74) is 4.35. The number of rotatable bonds is 6. The second kappa shape index (κ2) is 9.26. The molecule has 0 saturated carbocycles. The fourth-order valence-corrected chi connectivity index (χ4v) is 2.40. The van der Waals surface area contributed by atoms with E-state index in [0.717, 1.165) is 22.5 Å². The first-order valence-corrected chi connectivity index (χ1v) is 8.58. The molecular formula is C22H30O3. The molecule has 0 spiro atoms. The quantitative estimate of drug-likeness (QED) is 0.391. The molecule has 0 amide bonds. The van der Waals surface area contributed by atoms with Crippen LogP contribution in [0.15, 0.2) is 48.1 Å². The third kappa shape index (κ3) is 6.61. The van der Waals surface area contributed by atoms with Crippen molar-refractivity contribution in [3.8, 4) is 5.75 Å². The zero-order valence-electron chi connectivity index (χ0n) is 16.5. The Hall–Kier alpha value is -2.29. The molecule has 136 valence electrons. The van der Waals surface area contributed by atoms with E-state index in [1.54, 1.807) is 14.0 Å². The molecule has 0 unspecified atom stereocenters. The molecule has 25 heavy (non-hydrogen) atoms. The summed E-state index contributed by atoms with van der Waals surface area (Å²) in [6, 6.07) is 6.26. The second-order valence-electron chi connectivity index (χ2n) is 7.01. The molecule has 0 atom stereocenters. The van der Waals surface area contributed by atoms with Crippen LogP contribution in [0.3, 0.4) is 0 Å². The number of hydrogen-bond acceptors (Lipinski definition) is 3. The van der Waals surface area contributed by atoms with Gasteiger partial charge < -0.3 is 9.47 Å². The molecule has 3 nitrogen and oxygen atoms in total. The van der Waals surface area contributed by atoms with Crippen molar-refractivity contribution >= 4 is 11.5 Å². The predicted octanol–water partition coefficient (Wildman–Crippen LogP) is 5.46. The highest BCUT2D eigenvalue weighted by atomic mass is 16.5. The topological polar surface area (TPSA) is 35.5 Å². The van der Waals surface area contributed by atoms with Crippen LogP contribution in [0, 0.1) is 0 Å². The van der Waals surface area contributed by atoms with Crippen LogP contribution < -0.4 is 4.74 Å². The summed E-state index contributed by atoms with van der Waals surface area (Å²) in [5, 5.41) is 0. The first-order valence-electron chi connectivity index (χ1n) is 8.58. The first-order chi connectivity index (χ1) is 11.7. The highest BCUT2D eigenvalue weighted by molar-refractivity contribution is 5.83. The Labute approximate surface area is 152 Å². The van der Waals surface area contributed by atoms with Gasteiger partial charge in [-0.05, 0) is 55.0 Å². The second-order valence-corrected chi connectivity index (χ2v) is 7.01. The Bertz CT molecular complexity index is 686. The predicted molar refractivity (Wildman–Crippen MR) is 105 cm³/mol. The van der Waals surface area contributed by atoms with Crippen molar-refractivity contribution in [2.24, 2.45) is 0 Å². The lowest BCUT2D eigenvalue weighted by Gasteiger charge is -2.23. The molecule has 0 radical (unpaired) electrons. The van der Waals surface area contributed by atoms with Crippen LogP contribution in [0.5, 0.6) is 5.75 Å². The molecule has 0 aromatic heterocycles. The van der Waals surface area contributed by atoms with E-state index >= 15 is 0 Å². The van der Waals surface area contributed by atoms with Crippen molar-refractivity contribution in [1.82, 2.24) is 0 Å². The van der Waals surface area contributed by atoms with Gasteiger partial charge in [0.25, 0.3) is 0 Å². The minimum atomic E-state index is -0.310. The summed E-state index contributed by atoms with van der Waals surface area (Å²) >= 11 is 0. The van der Waals surface area contributed by atoms with Crippen molar-refractivity contribution in [1.29, 1.82) is 0 Å². The monoisotopic (exact) mass is 342 g/mol. The maximum absolute atomic E-state index is 11.4. The molecule has 0 aliphatic carbocycles. The third-order valence-electron chi connectivity index (χ3n) is 3.80. The lowest BCUT2D eigenvalue weighted by atomic mass is 9.84. The van der Waals surface area contributed by atoms with E-state index in [-0.39, 0.29) is 11.4 Å². The average molecular weight is 342 g/mol. The Kier molecular flexibility index (Phi) is 7.69. The van der Waals surface area contributed by atoms with Gasteiger partial charge in [0.15, 0.2) is 0 Å². The van der Waals surface area contributed by atoms with E-state index in [1.807, 2.05) is 31.2 Å². The number of carbonyl (C=O) groups is 1.